The van der Waals surface area contributed by atoms with Crippen LogP contribution in [0.25, 0.3) is 0 Å². The van der Waals surface area contributed by atoms with Crippen LogP contribution in [0, 0.1) is 0 Å². The van der Waals surface area contributed by atoms with E-state index in [4.69, 9.17) is 11.6 Å². The minimum atomic E-state index is 0.765. The second-order valence-electron chi connectivity index (χ2n) is 3.84. The number of hydrogen-bond donors (Lipinski definition) is 0. The Balaban J connectivity index is 2.10. The molecule has 0 aliphatic carbocycles. The van der Waals surface area contributed by atoms with Gasteiger partial charge in [0.15, 0.2) is 0 Å². The largest absolute Gasteiger partial charge is 0.321 e. The third kappa shape index (κ3) is 1.62. The van der Waals surface area contributed by atoms with Gasteiger partial charge in [0.05, 0.1) is 23.7 Å². The Labute approximate surface area is 103 Å². The lowest BCUT2D eigenvalue weighted by molar-refractivity contribution is 1.03. The summed E-state index contributed by atoms with van der Waals surface area (Å²) in [6.07, 6.45) is 0. The van der Waals surface area contributed by atoms with E-state index in [1.165, 1.54) is 4.90 Å². The summed E-state index contributed by atoms with van der Waals surface area (Å²) in [4.78, 5) is 3.46. The maximum Gasteiger partial charge on any atom is 0.142 e. The Kier molecular flexibility index (Phi) is 2.41. The lowest BCUT2D eigenvalue weighted by Crippen LogP contribution is -2.40. The summed E-state index contributed by atoms with van der Waals surface area (Å²) in [5.41, 5.74) is 2.18. The number of rotatable bonds is 0. The third-order valence-electron chi connectivity index (χ3n) is 2.60. The summed E-state index contributed by atoms with van der Waals surface area (Å²) in [6, 6.07) is 6.00. The molecule has 0 unspecified atom stereocenters. The van der Waals surface area contributed by atoms with Crippen LogP contribution in [0.5, 0.6) is 0 Å². The highest BCUT2D eigenvalue weighted by Crippen LogP contribution is 2.37. The van der Waals surface area contributed by atoms with Crippen LogP contribution in [-0.4, -0.2) is 23.8 Å². The molecule has 2 aliphatic rings. The maximum absolute atomic E-state index is 6.04. The smallest absolute Gasteiger partial charge is 0.142 e. The highest BCUT2D eigenvalue weighted by Gasteiger charge is 2.25. The number of benzene rings is 1. The van der Waals surface area contributed by atoms with Gasteiger partial charge in [-0.2, -0.15) is 5.10 Å². The van der Waals surface area contributed by atoms with E-state index in [0.717, 1.165) is 34.6 Å². The van der Waals surface area contributed by atoms with Crippen LogP contribution in [0.15, 0.2) is 33.3 Å². The van der Waals surface area contributed by atoms with Crippen LogP contribution in [0.4, 0.5) is 5.69 Å². The quantitative estimate of drug-likeness (QED) is 0.709. The number of halogens is 1. The standard InChI is InChI=1S/C11H10ClN3S/c1-7-5-15-9-4-8(12)2-3-10(9)16-6-11(15)14-13-7/h2-4H,5-6H2,1H3. The first-order chi connectivity index (χ1) is 7.74. The SMILES string of the molecule is CC1=NN=C2CSc3ccc(Cl)cc3N2C1. The second kappa shape index (κ2) is 3.79. The van der Waals surface area contributed by atoms with Crippen LogP contribution in [0.3, 0.4) is 0 Å². The van der Waals surface area contributed by atoms with E-state index < -0.39 is 0 Å². The maximum atomic E-state index is 6.04. The van der Waals surface area contributed by atoms with Gasteiger partial charge in [-0.15, -0.1) is 16.9 Å². The molecule has 0 bridgehead atoms. The first-order valence-electron chi connectivity index (χ1n) is 5.04. The van der Waals surface area contributed by atoms with E-state index in [1.54, 1.807) is 11.8 Å². The Morgan fingerprint density at radius 3 is 3.12 bits per heavy atom. The number of thioether (sulfide) groups is 1. The molecule has 3 nitrogen and oxygen atoms in total. The first kappa shape index (κ1) is 10.2. The topological polar surface area (TPSA) is 28.0 Å². The Morgan fingerprint density at radius 2 is 2.25 bits per heavy atom. The lowest BCUT2D eigenvalue weighted by atomic mass is 10.2. The van der Waals surface area contributed by atoms with E-state index in [0.29, 0.717) is 0 Å². The summed E-state index contributed by atoms with van der Waals surface area (Å²) in [5, 5.41) is 9.12. The van der Waals surface area contributed by atoms with Crippen molar-refractivity contribution in [1.29, 1.82) is 0 Å². The van der Waals surface area contributed by atoms with Crippen molar-refractivity contribution in [3.63, 3.8) is 0 Å². The Bertz CT molecular complexity index is 510. The molecule has 0 radical (unpaired) electrons. The summed E-state index contributed by atoms with van der Waals surface area (Å²) in [6.45, 7) is 2.80. The summed E-state index contributed by atoms with van der Waals surface area (Å²) in [5.74, 6) is 1.90. The summed E-state index contributed by atoms with van der Waals surface area (Å²) >= 11 is 7.82. The van der Waals surface area contributed by atoms with Gasteiger partial charge in [-0.1, -0.05) is 11.6 Å². The molecule has 0 atom stereocenters. The van der Waals surface area contributed by atoms with E-state index in [-0.39, 0.29) is 0 Å². The van der Waals surface area contributed by atoms with E-state index >= 15 is 0 Å². The van der Waals surface area contributed by atoms with Crippen molar-refractivity contribution >= 4 is 40.6 Å². The minimum absolute atomic E-state index is 0.765. The second-order valence-corrected chi connectivity index (χ2v) is 5.29. The van der Waals surface area contributed by atoms with E-state index in [2.05, 4.69) is 21.2 Å². The fourth-order valence-corrected chi connectivity index (χ4v) is 2.99. The fourth-order valence-electron chi connectivity index (χ4n) is 1.85. The van der Waals surface area contributed by atoms with Gasteiger partial charge < -0.3 is 4.90 Å². The molecular formula is C11H10ClN3S. The third-order valence-corrected chi connectivity index (χ3v) is 3.90. The highest BCUT2D eigenvalue weighted by molar-refractivity contribution is 8.00. The van der Waals surface area contributed by atoms with Crippen molar-refractivity contribution in [2.24, 2.45) is 10.2 Å². The number of hydrogen-bond acceptors (Lipinski definition) is 4. The van der Waals surface area contributed by atoms with Gasteiger partial charge in [-0.3, -0.25) is 0 Å². The van der Waals surface area contributed by atoms with Gasteiger partial charge in [-0.05, 0) is 25.1 Å². The lowest BCUT2D eigenvalue weighted by Gasteiger charge is -2.33. The van der Waals surface area contributed by atoms with Gasteiger partial charge in [-0.25, -0.2) is 0 Å². The molecule has 0 amide bonds. The zero-order chi connectivity index (χ0) is 11.1. The fraction of sp³-hybridized carbons (Fsp3) is 0.273. The Hall–Kier alpha value is -1.00. The minimum Gasteiger partial charge on any atom is -0.321 e. The molecule has 0 saturated carbocycles. The highest BCUT2D eigenvalue weighted by atomic mass is 35.5. The van der Waals surface area contributed by atoms with Crippen molar-refractivity contribution in [2.45, 2.75) is 11.8 Å². The predicted molar refractivity (Wildman–Crippen MR) is 70.1 cm³/mol. The van der Waals surface area contributed by atoms with Gasteiger partial charge >= 0.3 is 0 Å². The van der Waals surface area contributed by atoms with Crippen molar-refractivity contribution in [2.75, 3.05) is 17.2 Å². The van der Waals surface area contributed by atoms with Gasteiger partial charge in [0.1, 0.15) is 5.84 Å². The van der Waals surface area contributed by atoms with Crippen molar-refractivity contribution in [3.8, 4) is 0 Å². The number of fused-ring (bicyclic) bond motifs is 3. The Morgan fingerprint density at radius 1 is 1.38 bits per heavy atom. The van der Waals surface area contributed by atoms with Gasteiger partial charge in [0, 0.05) is 9.92 Å². The number of anilines is 1. The summed E-state index contributed by atoms with van der Waals surface area (Å²) < 4.78 is 0. The molecule has 2 aliphatic heterocycles. The molecule has 2 heterocycles. The molecule has 1 aromatic carbocycles. The molecule has 3 rings (SSSR count). The zero-order valence-electron chi connectivity index (χ0n) is 8.77. The molecule has 0 N–H and O–H groups in total. The van der Waals surface area contributed by atoms with Crippen LogP contribution in [-0.2, 0) is 0 Å². The molecule has 1 aromatic rings. The average molecular weight is 252 g/mol. The van der Waals surface area contributed by atoms with Crippen LogP contribution in [0.1, 0.15) is 6.92 Å². The van der Waals surface area contributed by atoms with Crippen LogP contribution < -0.4 is 4.90 Å². The van der Waals surface area contributed by atoms with E-state index in [1.807, 2.05) is 19.1 Å². The van der Waals surface area contributed by atoms with Gasteiger partial charge in [0.25, 0.3) is 0 Å². The molecule has 82 valence electrons. The van der Waals surface area contributed by atoms with Crippen molar-refractivity contribution in [3.05, 3.63) is 23.2 Å². The van der Waals surface area contributed by atoms with Crippen molar-refractivity contribution < 1.29 is 0 Å². The molecule has 5 heteroatoms. The number of amidine groups is 1. The molecule has 16 heavy (non-hydrogen) atoms. The monoisotopic (exact) mass is 251 g/mol. The molecule has 0 aromatic heterocycles. The van der Waals surface area contributed by atoms with Crippen LogP contribution >= 0.6 is 23.4 Å². The molecule has 0 saturated heterocycles. The molecular weight excluding hydrogens is 242 g/mol. The zero-order valence-corrected chi connectivity index (χ0v) is 10.3. The van der Waals surface area contributed by atoms with Crippen LogP contribution in [0.2, 0.25) is 5.02 Å². The van der Waals surface area contributed by atoms with E-state index in [9.17, 15) is 0 Å². The average Bonchev–Trinajstić information content (AvgIpc) is 2.29. The first-order valence-corrected chi connectivity index (χ1v) is 6.40. The van der Waals surface area contributed by atoms with Gasteiger partial charge in [0.2, 0.25) is 0 Å². The normalized spacial score (nSPS) is 18.5. The summed E-state index contributed by atoms with van der Waals surface area (Å²) in [7, 11) is 0. The molecule has 0 spiro atoms. The van der Waals surface area contributed by atoms with Crippen molar-refractivity contribution in [1.82, 2.24) is 0 Å². The molecule has 0 fully saturated rings. The number of nitrogens with zero attached hydrogens (tertiary/aromatic N) is 3. The predicted octanol–water partition coefficient (Wildman–Crippen LogP) is 3.04.